The summed E-state index contributed by atoms with van der Waals surface area (Å²) in [6.45, 7) is 6.16. The summed E-state index contributed by atoms with van der Waals surface area (Å²) < 4.78 is 13.1. The van der Waals surface area contributed by atoms with E-state index >= 15 is 0 Å². The van der Waals surface area contributed by atoms with Crippen molar-refractivity contribution < 1.29 is 29.9 Å². The maximum absolute atomic E-state index is 10.3. The van der Waals surface area contributed by atoms with E-state index in [9.17, 15) is 20.4 Å². The number of rotatable bonds is 7. The number of aromatic nitrogens is 2. The molecule has 29 heavy (non-hydrogen) atoms. The fraction of sp³-hybridized carbons (Fsp3) is 0.571. The lowest BCUT2D eigenvalue weighted by molar-refractivity contribution is -0.278. The quantitative estimate of drug-likeness (QED) is 0.530. The van der Waals surface area contributed by atoms with Crippen LogP contribution in [0, 0.1) is 6.92 Å². The minimum atomic E-state index is -1.50. The molecule has 2 heterocycles. The lowest BCUT2D eigenvalue weighted by Gasteiger charge is -2.39. The molecule has 160 valence electrons. The number of nitrogens with zero attached hydrogens (tertiary/aromatic N) is 2. The molecule has 4 N–H and O–H groups in total. The first-order chi connectivity index (χ1) is 13.9. The van der Waals surface area contributed by atoms with Crippen LogP contribution in [0.3, 0.4) is 0 Å². The molecule has 5 atom stereocenters. The van der Waals surface area contributed by atoms with Gasteiger partial charge in [0.1, 0.15) is 24.4 Å². The molecule has 0 saturated carbocycles. The van der Waals surface area contributed by atoms with Crippen molar-refractivity contribution in [3.63, 3.8) is 0 Å². The van der Waals surface area contributed by atoms with Gasteiger partial charge in [-0.15, -0.1) is 5.10 Å². The molecule has 0 unspecified atom stereocenters. The number of aliphatic hydroxyl groups is 4. The summed E-state index contributed by atoms with van der Waals surface area (Å²) in [7, 11) is 0. The standard InChI is InChI=1S/C21H30N2O6/c1-4-13-6-8-14(9-7-13)10-15-12(3)23(5-2)22-20(15)29-21-19(27)18(26)17(25)16(11-24)28-21/h6-9,16-19,21,24-27H,4-5,10-11H2,1-3H3/t16-,17-,18+,19-,21+/m1/s1. The van der Waals surface area contributed by atoms with Crippen LogP contribution < -0.4 is 4.74 Å². The molecule has 1 aliphatic rings. The van der Waals surface area contributed by atoms with Crippen LogP contribution in [0.15, 0.2) is 24.3 Å². The zero-order valence-electron chi connectivity index (χ0n) is 17.0. The summed E-state index contributed by atoms with van der Waals surface area (Å²) in [4.78, 5) is 0. The normalized spacial score (nSPS) is 27.2. The first-order valence-corrected chi connectivity index (χ1v) is 10.0. The van der Waals surface area contributed by atoms with Gasteiger partial charge in [-0.2, -0.15) is 0 Å². The van der Waals surface area contributed by atoms with Crippen molar-refractivity contribution >= 4 is 0 Å². The lowest BCUT2D eigenvalue weighted by Crippen LogP contribution is -2.60. The summed E-state index contributed by atoms with van der Waals surface area (Å²) in [5.74, 6) is 0.299. The van der Waals surface area contributed by atoms with Crippen molar-refractivity contribution in [3.05, 3.63) is 46.6 Å². The summed E-state index contributed by atoms with van der Waals surface area (Å²) in [5.41, 5.74) is 4.15. The van der Waals surface area contributed by atoms with E-state index in [0.29, 0.717) is 18.8 Å². The highest BCUT2D eigenvalue weighted by atomic mass is 16.7. The number of hydrogen-bond acceptors (Lipinski definition) is 7. The molecule has 0 radical (unpaired) electrons. The molecule has 1 aromatic carbocycles. The van der Waals surface area contributed by atoms with Crippen LogP contribution in [0.5, 0.6) is 5.88 Å². The molecular formula is C21H30N2O6. The SMILES string of the molecule is CCc1ccc(Cc2c(O[C@@H]3O[C@H](CO)[C@@H](O)[C@H](O)[C@H]3O)nn(CC)c2C)cc1. The predicted octanol–water partition coefficient (Wildman–Crippen LogP) is 0.543. The number of hydrogen-bond donors (Lipinski definition) is 4. The third-order valence-electron chi connectivity index (χ3n) is 5.48. The average molecular weight is 406 g/mol. The molecular weight excluding hydrogens is 376 g/mol. The highest BCUT2D eigenvalue weighted by Crippen LogP contribution is 2.29. The number of ether oxygens (including phenoxy) is 2. The number of aliphatic hydroxyl groups excluding tert-OH is 4. The van der Waals surface area contributed by atoms with Crippen molar-refractivity contribution in [2.45, 2.75) is 70.9 Å². The van der Waals surface area contributed by atoms with Crippen LogP contribution in [-0.2, 0) is 24.1 Å². The fourth-order valence-corrected chi connectivity index (χ4v) is 3.53. The Hall–Kier alpha value is -1.97. The molecule has 0 bridgehead atoms. The van der Waals surface area contributed by atoms with Crippen LogP contribution in [0.4, 0.5) is 0 Å². The fourth-order valence-electron chi connectivity index (χ4n) is 3.53. The zero-order valence-corrected chi connectivity index (χ0v) is 17.0. The van der Waals surface area contributed by atoms with Crippen molar-refractivity contribution in [2.24, 2.45) is 0 Å². The van der Waals surface area contributed by atoms with E-state index in [2.05, 4.69) is 36.3 Å². The third kappa shape index (κ3) is 4.46. The van der Waals surface area contributed by atoms with Gasteiger partial charge in [-0.05, 0) is 31.4 Å². The summed E-state index contributed by atoms with van der Waals surface area (Å²) in [5, 5.41) is 44.1. The number of aryl methyl sites for hydroxylation is 2. The van der Waals surface area contributed by atoms with Crippen LogP contribution in [-0.4, -0.2) is 67.5 Å². The highest BCUT2D eigenvalue weighted by molar-refractivity contribution is 5.37. The predicted molar refractivity (Wildman–Crippen MR) is 106 cm³/mol. The van der Waals surface area contributed by atoms with Gasteiger partial charge in [0.2, 0.25) is 12.2 Å². The molecule has 8 heteroatoms. The summed E-state index contributed by atoms with van der Waals surface area (Å²) >= 11 is 0. The second-order valence-electron chi connectivity index (χ2n) is 7.35. The van der Waals surface area contributed by atoms with Gasteiger partial charge in [0.15, 0.2) is 0 Å². The van der Waals surface area contributed by atoms with Crippen molar-refractivity contribution in [2.75, 3.05) is 6.61 Å². The van der Waals surface area contributed by atoms with Gasteiger partial charge in [0.25, 0.3) is 0 Å². The Kier molecular flexibility index (Phi) is 6.92. The van der Waals surface area contributed by atoms with Gasteiger partial charge in [-0.25, -0.2) is 0 Å². The molecule has 3 rings (SSSR count). The van der Waals surface area contributed by atoms with E-state index in [1.54, 1.807) is 4.68 Å². The minimum Gasteiger partial charge on any atom is -0.443 e. The minimum absolute atomic E-state index is 0.299. The monoisotopic (exact) mass is 406 g/mol. The Labute approximate surface area is 170 Å². The highest BCUT2D eigenvalue weighted by Gasteiger charge is 2.45. The Morgan fingerprint density at radius 1 is 1.03 bits per heavy atom. The van der Waals surface area contributed by atoms with Gasteiger partial charge in [-0.3, -0.25) is 4.68 Å². The molecule has 1 saturated heterocycles. The van der Waals surface area contributed by atoms with Crippen molar-refractivity contribution in [1.29, 1.82) is 0 Å². The molecule has 8 nitrogen and oxygen atoms in total. The van der Waals surface area contributed by atoms with Gasteiger partial charge in [0, 0.05) is 24.2 Å². The third-order valence-corrected chi connectivity index (χ3v) is 5.48. The zero-order chi connectivity index (χ0) is 21.1. The molecule has 0 amide bonds. The Balaban J connectivity index is 1.86. The van der Waals surface area contributed by atoms with Crippen LogP contribution in [0.1, 0.15) is 36.2 Å². The molecule has 1 aliphatic heterocycles. The van der Waals surface area contributed by atoms with Gasteiger partial charge < -0.3 is 29.9 Å². The smallest absolute Gasteiger partial charge is 0.239 e. The van der Waals surface area contributed by atoms with Crippen LogP contribution >= 0.6 is 0 Å². The molecule has 0 spiro atoms. The topological polar surface area (TPSA) is 117 Å². The van der Waals surface area contributed by atoms with Crippen LogP contribution in [0.2, 0.25) is 0 Å². The first-order valence-electron chi connectivity index (χ1n) is 10.0. The molecule has 1 aromatic heterocycles. The number of benzene rings is 1. The Bertz CT molecular complexity index is 804. The van der Waals surface area contributed by atoms with Crippen molar-refractivity contribution in [3.8, 4) is 5.88 Å². The average Bonchev–Trinajstić information content (AvgIpc) is 3.03. The van der Waals surface area contributed by atoms with E-state index in [0.717, 1.165) is 23.2 Å². The molecule has 2 aromatic rings. The van der Waals surface area contributed by atoms with Gasteiger partial charge in [0.05, 0.1) is 6.61 Å². The lowest BCUT2D eigenvalue weighted by atomic mass is 9.99. The Morgan fingerprint density at radius 3 is 2.28 bits per heavy atom. The summed E-state index contributed by atoms with van der Waals surface area (Å²) in [6.07, 6.45) is -5.13. The van der Waals surface area contributed by atoms with Crippen LogP contribution in [0.25, 0.3) is 0 Å². The maximum Gasteiger partial charge on any atom is 0.239 e. The molecule has 1 fully saturated rings. The molecule has 0 aliphatic carbocycles. The maximum atomic E-state index is 10.3. The van der Waals surface area contributed by atoms with E-state index < -0.39 is 37.3 Å². The van der Waals surface area contributed by atoms with E-state index in [4.69, 9.17) is 9.47 Å². The second kappa shape index (κ2) is 9.23. The first kappa shape index (κ1) is 21.7. The second-order valence-corrected chi connectivity index (χ2v) is 7.35. The van der Waals surface area contributed by atoms with E-state index in [-0.39, 0.29) is 0 Å². The Morgan fingerprint density at radius 2 is 1.69 bits per heavy atom. The van der Waals surface area contributed by atoms with Gasteiger partial charge >= 0.3 is 0 Å². The van der Waals surface area contributed by atoms with Gasteiger partial charge in [-0.1, -0.05) is 31.2 Å². The van der Waals surface area contributed by atoms with E-state index in [1.165, 1.54) is 5.56 Å². The van der Waals surface area contributed by atoms with E-state index in [1.807, 2.05) is 13.8 Å². The van der Waals surface area contributed by atoms with Crippen molar-refractivity contribution in [1.82, 2.24) is 9.78 Å². The summed E-state index contributed by atoms with van der Waals surface area (Å²) in [6, 6.07) is 8.32. The largest absolute Gasteiger partial charge is 0.443 e.